The first-order valence-corrected chi connectivity index (χ1v) is 5.91. The smallest absolute Gasteiger partial charge is 0.0480 e. The average Bonchev–Trinajstić information content (AvgIpc) is 2.44. The van der Waals surface area contributed by atoms with Crippen LogP contribution in [0.25, 0.3) is 0 Å². The van der Waals surface area contributed by atoms with Crippen LogP contribution in [0.1, 0.15) is 26.2 Å². The molecule has 2 aliphatic rings. The third kappa shape index (κ3) is 2.69. The Bertz CT molecular complexity index is 169. The van der Waals surface area contributed by atoms with Crippen molar-refractivity contribution < 1.29 is 4.74 Å². The molecule has 2 aliphatic heterocycles. The van der Waals surface area contributed by atoms with E-state index < -0.39 is 0 Å². The van der Waals surface area contributed by atoms with Gasteiger partial charge in [0, 0.05) is 31.8 Å². The quantitative estimate of drug-likeness (QED) is 0.676. The van der Waals surface area contributed by atoms with Gasteiger partial charge < -0.3 is 10.1 Å². The lowest BCUT2D eigenvalue weighted by Crippen LogP contribution is -2.43. The summed E-state index contributed by atoms with van der Waals surface area (Å²) in [6.07, 6.45) is 3.75. The molecule has 3 nitrogen and oxygen atoms in total. The van der Waals surface area contributed by atoms with Crippen molar-refractivity contribution >= 4 is 0 Å². The van der Waals surface area contributed by atoms with Gasteiger partial charge in [-0.15, -0.1) is 0 Å². The SMILES string of the molecule is C[C@H]1CN(C2CCOCC2)CCCN1. The van der Waals surface area contributed by atoms with Gasteiger partial charge in [0.25, 0.3) is 0 Å². The Labute approximate surface area is 86.8 Å². The molecule has 0 bridgehead atoms. The molecule has 0 spiro atoms. The maximum Gasteiger partial charge on any atom is 0.0480 e. The fourth-order valence-electron chi connectivity index (χ4n) is 2.52. The minimum atomic E-state index is 0.653. The molecule has 2 saturated heterocycles. The summed E-state index contributed by atoms with van der Waals surface area (Å²) in [4.78, 5) is 2.66. The van der Waals surface area contributed by atoms with Crippen molar-refractivity contribution in [2.24, 2.45) is 0 Å². The molecule has 0 aromatic heterocycles. The minimum absolute atomic E-state index is 0.653. The second-order valence-corrected chi connectivity index (χ2v) is 4.55. The summed E-state index contributed by atoms with van der Waals surface area (Å²) in [7, 11) is 0. The maximum absolute atomic E-state index is 5.41. The van der Waals surface area contributed by atoms with Crippen molar-refractivity contribution in [3.05, 3.63) is 0 Å². The standard InChI is InChI=1S/C11H22N2O/c1-10-9-13(6-2-5-12-10)11-3-7-14-8-4-11/h10-12H,2-9H2,1H3/t10-/m0/s1. The van der Waals surface area contributed by atoms with Crippen LogP contribution in [-0.4, -0.2) is 49.8 Å². The molecular formula is C11H22N2O. The second kappa shape index (κ2) is 5.10. The molecule has 3 heteroatoms. The van der Waals surface area contributed by atoms with Crippen LogP contribution >= 0.6 is 0 Å². The first kappa shape index (κ1) is 10.4. The molecule has 0 radical (unpaired) electrons. The van der Waals surface area contributed by atoms with Crippen LogP contribution in [0.4, 0.5) is 0 Å². The van der Waals surface area contributed by atoms with E-state index in [4.69, 9.17) is 4.74 Å². The molecule has 14 heavy (non-hydrogen) atoms. The summed E-state index contributed by atoms with van der Waals surface area (Å²) >= 11 is 0. The summed E-state index contributed by atoms with van der Waals surface area (Å²) in [5.74, 6) is 0. The van der Waals surface area contributed by atoms with Gasteiger partial charge in [-0.25, -0.2) is 0 Å². The van der Waals surface area contributed by atoms with Crippen LogP contribution in [0.5, 0.6) is 0 Å². The van der Waals surface area contributed by atoms with Gasteiger partial charge in [0.1, 0.15) is 0 Å². The Morgan fingerprint density at radius 3 is 2.86 bits per heavy atom. The van der Waals surface area contributed by atoms with Crippen LogP contribution in [0.3, 0.4) is 0 Å². The van der Waals surface area contributed by atoms with Crippen molar-refractivity contribution in [2.45, 2.75) is 38.3 Å². The number of hydrogen-bond acceptors (Lipinski definition) is 3. The van der Waals surface area contributed by atoms with E-state index in [2.05, 4.69) is 17.1 Å². The highest BCUT2D eigenvalue weighted by atomic mass is 16.5. The normalized spacial score (nSPS) is 32.8. The maximum atomic E-state index is 5.41. The lowest BCUT2D eigenvalue weighted by atomic mass is 10.1. The molecule has 1 atom stereocenters. The third-order valence-electron chi connectivity index (χ3n) is 3.33. The molecule has 0 aromatic rings. The zero-order chi connectivity index (χ0) is 9.80. The fraction of sp³-hybridized carbons (Fsp3) is 1.00. The Balaban J connectivity index is 1.87. The second-order valence-electron chi connectivity index (χ2n) is 4.55. The molecule has 82 valence electrons. The summed E-state index contributed by atoms with van der Waals surface area (Å²) in [5, 5.41) is 3.54. The van der Waals surface area contributed by atoms with Crippen molar-refractivity contribution in [3.63, 3.8) is 0 Å². The largest absolute Gasteiger partial charge is 0.381 e. The number of rotatable bonds is 1. The van der Waals surface area contributed by atoms with Gasteiger partial charge in [-0.2, -0.15) is 0 Å². The lowest BCUT2D eigenvalue weighted by Gasteiger charge is -2.34. The Morgan fingerprint density at radius 1 is 1.29 bits per heavy atom. The molecule has 2 heterocycles. The Hall–Kier alpha value is -0.120. The van der Waals surface area contributed by atoms with E-state index >= 15 is 0 Å². The first-order chi connectivity index (χ1) is 6.86. The van der Waals surface area contributed by atoms with E-state index in [1.165, 1.54) is 38.9 Å². The predicted octanol–water partition coefficient (Wildman–Crippen LogP) is 0.849. The van der Waals surface area contributed by atoms with Gasteiger partial charge >= 0.3 is 0 Å². The van der Waals surface area contributed by atoms with Gasteiger partial charge in [0.15, 0.2) is 0 Å². The van der Waals surface area contributed by atoms with Crippen LogP contribution in [0.2, 0.25) is 0 Å². The van der Waals surface area contributed by atoms with E-state index in [0.29, 0.717) is 6.04 Å². The number of nitrogens with zero attached hydrogens (tertiary/aromatic N) is 1. The van der Waals surface area contributed by atoms with Crippen molar-refractivity contribution in [1.82, 2.24) is 10.2 Å². The van der Waals surface area contributed by atoms with Crippen LogP contribution in [0.15, 0.2) is 0 Å². The van der Waals surface area contributed by atoms with Crippen molar-refractivity contribution in [2.75, 3.05) is 32.8 Å². The molecule has 0 unspecified atom stereocenters. The van der Waals surface area contributed by atoms with Crippen LogP contribution in [0, 0.1) is 0 Å². The predicted molar refractivity (Wildman–Crippen MR) is 57.5 cm³/mol. The average molecular weight is 198 g/mol. The molecule has 0 aliphatic carbocycles. The minimum Gasteiger partial charge on any atom is -0.381 e. The highest BCUT2D eigenvalue weighted by molar-refractivity contribution is 4.80. The van der Waals surface area contributed by atoms with E-state index in [1.54, 1.807) is 0 Å². The number of ether oxygens (including phenoxy) is 1. The molecule has 0 aromatic carbocycles. The van der Waals surface area contributed by atoms with E-state index in [1.807, 2.05) is 0 Å². The van der Waals surface area contributed by atoms with Gasteiger partial charge in [-0.1, -0.05) is 0 Å². The summed E-state index contributed by atoms with van der Waals surface area (Å²) in [6, 6.07) is 1.44. The highest BCUT2D eigenvalue weighted by Gasteiger charge is 2.23. The number of hydrogen-bond donors (Lipinski definition) is 1. The Kier molecular flexibility index (Phi) is 3.79. The van der Waals surface area contributed by atoms with Gasteiger partial charge in [-0.05, 0) is 39.3 Å². The first-order valence-electron chi connectivity index (χ1n) is 5.91. The van der Waals surface area contributed by atoms with Crippen LogP contribution in [-0.2, 0) is 4.74 Å². The molecular weight excluding hydrogens is 176 g/mol. The molecule has 0 amide bonds. The Morgan fingerprint density at radius 2 is 2.07 bits per heavy atom. The zero-order valence-electron chi connectivity index (χ0n) is 9.17. The zero-order valence-corrected chi connectivity index (χ0v) is 9.17. The summed E-state index contributed by atoms with van der Waals surface area (Å²) < 4.78 is 5.41. The molecule has 2 rings (SSSR count). The number of nitrogens with one attached hydrogen (secondary N) is 1. The van der Waals surface area contributed by atoms with E-state index in [9.17, 15) is 0 Å². The van der Waals surface area contributed by atoms with E-state index in [0.717, 1.165) is 19.3 Å². The third-order valence-corrected chi connectivity index (χ3v) is 3.33. The fourth-order valence-corrected chi connectivity index (χ4v) is 2.52. The van der Waals surface area contributed by atoms with E-state index in [-0.39, 0.29) is 0 Å². The van der Waals surface area contributed by atoms with Gasteiger partial charge in [-0.3, -0.25) is 4.90 Å². The summed E-state index contributed by atoms with van der Waals surface area (Å²) in [5.41, 5.74) is 0. The van der Waals surface area contributed by atoms with Crippen molar-refractivity contribution in [3.8, 4) is 0 Å². The lowest BCUT2D eigenvalue weighted by molar-refractivity contribution is 0.0340. The molecule has 2 fully saturated rings. The topological polar surface area (TPSA) is 24.5 Å². The highest BCUT2D eigenvalue weighted by Crippen LogP contribution is 2.16. The van der Waals surface area contributed by atoms with Crippen molar-refractivity contribution in [1.29, 1.82) is 0 Å². The van der Waals surface area contributed by atoms with Gasteiger partial charge in [0.2, 0.25) is 0 Å². The molecule has 1 N–H and O–H groups in total. The summed E-state index contributed by atoms with van der Waals surface area (Å²) in [6.45, 7) is 7.87. The monoisotopic (exact) mass is 198 g/mol. The van der Waals surface area contributed by atoms with Gasteiger partial charge in [0.05, 0.1) is 0 Å². The van der Waals surface area contributed by atoms with Crippen LogP contribution < -0.4 is 5.32 Å². The molecule has 0 saturated carbocycles.